The maximum absolute atomic E-state index is 11.7. The quantitative estimate of drug-likeness (QED) is 0.649. The second-order valence-corrected chi connectivity index (χ2v) is 3.87. The molecule has 0 aliphatic heterocycles. The fraction of sp³-hybridized carbons (Fsp3) is 0.214. The smallest absolute Gasteiger partial charge is 0.338 e. The van der Waals surface area contributed by atoms with Gasteiger partial charge in [0.2, 0.25) is 0 Å². The largest absolute Gasteiger partial charge is 0.462 e. The van der Waals surface area contributed by atoms with Gasteiger partial charge in [0.25, 0.3) is 0 Å². The lowest BCUT2D eigenvalue weighted by Crippen LogP contribution is -2.06. The molecule has 0 saturated carbocycles. The third-order valence-electron chi connectivity index (χ3n) is 2.72. The number of benzene rings is 1. The minimum atomic E-state index is -0.361. The lowest BCUT2D eigenvalue weighted by molar-refractivity contribution is -0.136. The Kier molecular flexibility index (Phi) is 3.00. The van der Waals surface area contributed by atoms with E-state index in [-0.39, 0.29) is 5.97 Å². The molecule has 0 fully saturated rings. The predicted molar refractivity (Wildman–Crippen MR) is 68.7 cm³/mol. The number of carbonyl (C=O) groups is 1. The monoisotopic (exact) mass is 229 g/mol. The van der Waals surface area contributed by atoms with E-state index in [1.54, 1.807) is 6.92 Å². The lowest BCUT2D eigenvalue weighted by Gasteiger charge is -2.05. The Hall–Kier alpha value is -2.03. The molecule has 0 unspecified atom stereocenters. The van der Waals surface area contributed by atoms with Crippen molar-refractivity contribution in [2.75, 3.05) is 6.61 Å². The van der Waals surface area contributed by atoms with E-state index in [4.69, 9.17) is 4.74 Å². The van der Waals surface area contributed by atoms with Crippen LogP contribution in [0, 0.1) is 6.92 Å². The number of esters is 1. The molecule has 2 rings (SSSR count). The number of hydrogen-bond donors (Lipinski definition) is 1. The Balaban J connectivity index is 2.51. The van der Waals surface area contributed by atoms with Crippen molar-refractivity contribution < 1.29 is 9.53 Å². The first-order chi connectivity index (χ1) is 8.15. The Morgan fingerprint density at radius 1 is 1.41 bits per heavy atom. The molecule has 17 heavy (non-hydrogen) atoms. The normalized spacial score (nSPS) is 10.5. The van der Waals surface area contributed by atoms with Crippen LogP contribution in [0.3, 0.4) is 0 Å². The van der Waals surface area contributed by atoms with Gasteiger partial charge >= 0.3 is 5.97 Å². The summed E-state index contributed by atoms with van der Waals surface area (Å²) in [5.41, 5.74) is 3.19. The SMILES string of the molecule is C=C(C(=O)OCC)c1c(C)[nH]c2ccccc12. The highest BCUT2D eigenvalue weighted by Crippen LogP contribution is 2.28. The van der Waals surface area contributed by atoms with Crippen molar-refractivity contribution in [3.05, 3.63) is 42.1 Å². The Morgan fingerprint density at radius 2 is 2.12 bits per heavy atom. The zero-order valence-electron chi connectivity index (χ0n) is 10.0. The number of nitrogens with one attached hydrogen (secondary N) is 1. The van der Waals surface area contributed by atoms with Gasteiger partial charge in [-0.05, 0) is 19.9 Å². The van der Waals surface area contributed by atoms with Crippen LogP contribution >= 0.6 is 0 Å². The standard InChI is InChI=1S/C14H15NO2/c1-4-17-14(16)9(2)13-10(3)15-12-8-6-5-7-11(12)13/h5-8,15H,2,4H2,1,3H3. The summed E-state index contributed by atoms with van der Waals surface area (Å²) in [6, 6.07) is 7.84. The fourth-order valence-corrected chi connectivity index (χ4v) is 1.99. The minimum Gasteiger partial charge on any atom is -0.462 e. The van der Waals surface area contributed by atoms with Crippen LogP contribution < -0.4 is 0 Å². The van der Waals surface area contributed by atoms with E-state index < -0.39 is 0 Å². The average molecular weight is 229 g/mol. The van der Waals surface area contributed by atoms with Crippen molar-refractivity contribution in [1.82, 2.24) is 4.98 Å². The molecule has 0 aliphatic rings. The Morgan fingerprint density at radius 3 is 2.82 bits per heavy atom. The van der Waals surface area contributed by atoms with Crippen LogP contribution in [-0.4, -0.2) is 17.6 Å². The van der Waals surface area contributed by atoms with E-state index in [2.05, 4.69) is 11.6 Å². The van der Waals surface area contributed by atoms with Gasteiger partial charge in [-0.3, -0.25) is 0 Å². The highest BCUT2D eigenvalue weighted by atomic mass is 16.5. The topological polar surface area (TPSA) is 42.1 Å². The number of ether oxygens (including phenoxy) is 1. The summed E-state index contributed by atoms with van der Waals surface area (Å²) in [6.45, 7) is 7.91. The molecule has 3 heteroatoms. The lowest BCUT2D eigenvalue weighted by atomic mass is 10.0. The molecule has 3 nitrogen and oxygen atoms in total. The number of aromatic amines is 1. The van der Waals surface area contributed by atoms with Crippen molar-refractivity contribution in [3.8, 4) is 0 Å². The van der Waals surface area contributed by atoms with E-state index in [0.29, 0.717) is 12.2 Å². The van der Waals surface area contributed by atoms with Crippen molar-refractivity contribution in [2.45, 2.75) is 13.8 Å². The summed E-state index contributed by atoms with van der Waals surface area (Å²) < 4.78 is 4.98. The molecule has 0 aliphatic carbocycles. The third kappa shape index (κ3) is 1.96. The zero-order chi connectivity index (χ0) is 12.4. The molecule has 1 heterocycles. The van der Waals surface area contributed by atoms with Crippen LogP contribution in [0.1, 0.15) is 18.2 Å². The number of fused-ring (bicyclic) bond motifs is 1. The van der Waals surface area contributed by atoms with E-state index >= 15 is 0 Å². The molecule has 1 aromatic heterocycles. The molecule has 0 spiro atoms. The number of rotatable bonds is 3. The van der Waals surface area contributed by atoms with E-state index in [1.807, 2.05) is 31.2 Å². The van der Waals surface area contributed by atoms with Gasteiger partial charge in [0.1, 0.15) is 0 Å². The molecule has 2 aromatic rings. The minimum absolute atomic E-state index is 0.360. The maximum Gasteiger partial charge on any atom is 0.338 e. The first-order valence-electron chi connectivity index (χ1n) is 5.58. The highest BCUT2D eigenvalue weighted by Gasteiger charge is 2.17. The van der Waals surface area contributed by atoms with Crippen molar-refractivity contribution in [3.63, 3.8) is 0 Å². The van der Waals surface area contributed by atoms with Crippen molar-refractivity contribution in [2.24, 2.45) is 0 Å². The molecule has 0 atom stereocenters. The first-order valence-corrected chi connectivity index (χ1v) is 5.58. The summed E-state index contributed by atoms with van der Waals surface area (Å²) in [5.74, 6) is -0.361. The van der Waals surface area contributed by atoms with Gasteiger partial charge in [-0.25, -0.2) is 4.79 Å². The average Bonchev–Trinajstić information content (AvgIpc) is 2.64. The highest BCUT2D eigenvalue weighted by molar-refractivity contribution is 6.20. The van der Waals surface area contributed by atoms with Gasteiger partial charge in [-0.2, -0.15) is 0 Å². The van der Waals surface area contributed by atoms with Crippen molar-refractivity contribution >= 4 is 22.4 Å². The van der Waals surface area contributed by atoms with Crippen LogP contribution in [0.4, 0.5) is 0 Å². The van der Waals surface area contributed by atoms with Gasteiger partial charge < -0.3 is 9.72 Å². The van der Waals surface area contributed by atoms with Gasteiger partial charge in [-0.15, -0.1) is 0 Å². The summed E-state index contributed by atoms with van der Waals surface area (Å²) in [5, 5.41) is 1.00. The zero-order valence-corrected chi connectivity index (χ0v) is 10.0. The summed E-state index contributed by atoms with van der Waals surface area (Å²) >= 11 is 0. The summed E-state index contributed by atoms with van der Waals surface area (Å²) in [7, 11) is 0. The second kappa shape index (κ2) is 4.45. The van der Waals surface area contributed by atoms with Crippen LogP contribution in [0.15, 0.2) is 30.8 Å². The third-order valence-corrected chi connectivity index (χ3v) is 2.72. The van der Waals surface area contributed by atoms with E-state index in [9.17, 15) is 4.79 Å². The van der Waals surface area contributed by atoms with E-state index in [0.717, 1.165) is 22.2 Å². The van der Waals surface area contributed by atoms with Gasteiger partial charge in [0.05, 0.1) is 12.2 Å². The van der Waals surface area contributed by atoms with Crippen LogP contribution in [0.2, 0.25) is 0 Å². The van der Waals surface area contributed by atoms with Crippen LogP contribution in [0.5, 0.6) is 0 Å². The van der Waals surface area contributed by atoms with Gasteiger partial charge in [0.15, 0.2) is 0 Å². The Labute approximate surface area is 100 Å². The fourth-order valence-electron chi connectivity index (χ4n) is 1.99. The van der Waals surface area contributed by atoms with Crippen molar-refractivity contribution in [1.29, 1.82) is 0 Å². The number of aromatic nitrogens is 1. The number of aryl methyl sites for hydroxylation is 1. The molecule has 0 bridgehead atoms. The predicted octanol–water partition coefficient (Wildman–Crippen LogP) is 3.05. The molecule has 88 valence electrons. The number of hydrogen-bond acceptors (Lipinski definition) is 2. The van der Waals surface area contributed by atoms with Gasteiger partial charge in [-0.1, -0.05) is 24.8 Å². The molecule has 0 saturated heterocycles. The molecule has 0 radical (unpaired) electrons. The molecular weight excluding hydrogens is 214 g/mol. The Bertz CT molecular complexity index is 581. The van der Waals surface area contributed by atoms with E-state index in [1.165, 1.54) is 0 Å². The summed E-state index contributed by atoms with van der Waals surface area (Å²) in [6.07, 6.45) is 0. The first kappa shape index (κ1) is 11.5. The number of para-hydroxylation sites is 1. The second-order valence-electron chi connectivity index (χ2n) is 3.87. The van der Waals surface area contributed by atoms with Gasteiger partial charge in [0, 0.05) is 22.2 Å². The summed E-state index contributed by atoms with van der Waals surface area (Å²) in [4.78, 5) is 14.9. The molecule has 0 amide bonds. The van der Waals surface area contributed by atoms with Crippen LogP contribution in [0.25, 0.3) is 16.5 Å². The molecule has 1 aromatic carbocycles. The molecule has 1 N–H and O–H groups in total. The maximum atomic E-state index is 11.7. The number of H-pyrrole nitrogens is 1. The molecular formula is C14H15NO2. The number of carbonyl (C=O) groups excluding carboxylic acids is 1. The van der Waals surface area contributed by atoms with Crippen LogP contribution in [-0.2, 0) is 9.53 Å².